The van der Waals surface area contributed by atoms with E-state index >= 15 is 0 Å². The molecule has 2 N–H and O–H groups in total. The number of ketones is 1. The summed E-state index contributed by atoms with van der Waals surface area (Å²) in [6, 6.07) is 17.1. The number of aromatic nitrogens is 2. The van der Waals surface area contributed by atoms with Crippen LogP contribution in [0.1, 0.15) is 42.3 Å². The van der Waals surface area contributed by atoms with E-state index in [4.69, 9.17) is 9.47 Å². The van der Waals surface area contributed by atoms with Gasteiger partial charge in [-0.05, 0) is 50.6 Å². The Morgan fingerprint density at radius 2 is 1.89 bits per heavy atom. The third-order valence-electron chi connectivity index (χ3n) is 6.28. The van der Waals surface area contributed by atoms with Crippen LogP contribution in [0.15, 0.2) is 67.0 Å². The summed E-state index contributed by atoms with van der Waals surface area (Å²) < 4.78 is 12.1. The molecule has 0 saturated carbocycles. The first-order valence-electron chi connectivity index (χ1n) is 12.6. The molecule has 1 fully saturated rings. The van der Waals surface area contributed by atoms with Crippen LogP contribution in [0.2, 0.25) is 0 Å². The van der Waals surface area contributed by atoms with E-state index in [1.807, 2.05) is 75.4 Å². The van der Waals surface area contributed by atoms with Crippen molar-refractivity contribution in [1.29, 1.82) is 0 Å². The average molecular weight is 530 g/mol. The van der Waals surface area contributed by atoms with Gasteiger partial charge >= 0.3 is 5.97 Å². The molecular formula is C30H31N3O4S. The first kappa shape index (κ1) is 26.0. The highest BCUT2D eigenvalue weighted by atomic mass is 32.2. The summed E-state index contributed by atoms with van der Waals surface area (Å²) in [7, 11) is 0. The monoisotopic (exact) mass is 529 g/mol. The molecule has 0 bridgehead atoms. The molecule has 8 heteroatoms. The first-order valence-corrected chi connectivity index (χ1v) is 13.8. The summed E-state index contributed by atoms with van der Waals surface area (Å²) >= 11 is 1.70. The fraction of sp³-hybridized carbons (Fsp3) is 0.300. The van der Waals surface area contributed by atoms with Gasteiger partial charge in [-0.25, -0.2) is 4.79 Å². The molecule has 196 valence electrons. The molecule has 1 unspecified atom stereocenters. The Morgan fingerprint density at radius 3 is 2.58 bits per heavy atom. The van der Waals surface area contributed by atoms with Gasteiger partial charge in [-0.15, -0.1) is 11.8 Å². The third kappa shape index (κ3) is 5.76. The van der Waals surface area contributed by atoms with Gasteiger partial charge < -0.3 is 14.5 Å². The maximum atomic E-state index is 13.7. The van der Waals surface area contributed by atoms with Crippen molar-refractivity contribution >= 4 is 34.4 Å². The zero-order valence-electron chi connectivity index (χ0n) is 21.7. The summed E-state index contributed by atoms with van der Waals surface area (Å²) in [5.74, 6) is 1.64. The molecule has 38 heavy (non-hydrogen) atoms. The lowest BCUT2D eigenvalue weighted by Crippen LogP contribution is -2.34. The molecule has 0 aliphatic carbocycles. The van der Waals surface area contributed by atoms with E-state index < -0.39 is 11.6 Å². The van der Waals surface area contributed by atoms with Crippen LogP contribution in [-0.4, -0.2) is 45.0 Å². The highest BCUT2D eigenvalue weighted by Crippen LogP contribution is 2.38. The lowest BCUT2D eigenvalue weighted by molar-refractivity contribution is -0.119. The second kappa shape index (κ2) is 11.0. The predicted molar refractivity (Wildman–Crippen MR) is 150 cm³/mol. The molecule has 1 aliphatic heterocycles. The number of ether oxygens (including phenoxy) is 2. The quantitative estimate of drug-likeness (QED) is 0.290. The minimum absolute atomic E-state index is 0.0614. The maximum absolute atomic E-state index is 13.7. The Morgan fingerprint density at radius 1 is 1.08 bits per heavy atom. The average Bonchev–Trinajstić information content (AvgIpc) is 3.57. The minimum atomic E-state index is -0.699. The summed E-state index contributed by atoms with van der Waals surface area (Å²) in [6.45, 7) is 5.86. The highest BCUT2D eigenvalue weighted by molar-refractivity contribution is 7.99. The molecule has 1 saturated heterocycles. The van der Waals surface area contributed by atoms with Gasteiger partial charge in [0.2, 0.25) is 0 Å². The number of carbonyl (C=O) groups excluding carboxylic acids is 2. The SMILES string of the molecule is CC(C)(C)OC(=O)c1c(-c2cccnc2)[nH]c2ccc(OCc3ccccc3)c(CC(=O)C3CSCN3)c12. The van der Waals surface area contributed by atoms with Crippen LogP contribution in [0.5, 0.6) is 5.75 Å². The molecule has 5 rings (SSSR count). The van der Waals surface area contributed by atoms with E-state index in [9.17, 15) is 9.59 Å². The van der Waals surface area contributed by atoms with E-state index in [-0.39, 0.29) is 18.2 Å². The zero-order chi connectivity index (χ0) is 26.7. The van der Waals surface area contributed by atoms with Crippen molar-refractivity contribution in [2.24, 2.45) is 0 Å². The predicted octanol–water partition coefficient (Wildman–Crippen LogP) is 5.54. The van der Waals surface area contributed by atoms with Crippen LogP contribution in [-0.2, 0) is 22.6 Å². The zero-order valence-corrected chi connectivity index (χ0v) is 22.6. The molecule has 7 nitrogen and oxygen atoms in total. The number of thioether (sulfide) groups is 1. The van der Waals surface area contributed by atoms with E-state index in [0.717, 1.165) is 28.3 Å². The van der Waals surface area contributed by atoms with Crippen molar-refractivity contribution in [3.8, 4) is 17.0 Å². The van der Waals surface area contributed by atoms with Crippen molar-refractivity contribution in [3.63, 3.8) is 0 Å². The maximum Gasteiger partial charge on any atom is 0.341 e. The third-order valence-corrected chi connectivity index (χ3v) is 7.22. The van der Waals surface area contributed by atoms with Crippen LogP contribution in [0, 0.1) is 0 Å². The normalized spacial score (nSPS) is 15.5. The molecule has 4 aromatic rings. The van der Waals surface area contributed by atoms with E-state index in [2.05, 4.69) is 15.3 Å². The number of hydrogen-bond donors (Lipinski definition) is 2. The molecule has 2 aromatic heterocycles. The van der Waals surface area contributed by atoms with E-state index in [1.54, 1.807) is 24.2 Å². The molecule has 1 atom stereocenters. The first-order chi connectivity index (χ1) is 18.3. The number of carbonyl (C=O) groups is 2. The number of Topliss-reactive ketones (excluding diaryl/α,β-unsaturated/α-hetero) is 1. The van der Waals surface area contributed by atoms with Gasteiger partial charge in [-0.1, -0.05) is 30.3 Å². The Balaban J connectivity index is 1.67. The molecule has 2 aromatic carbocycles. The van der Waals surface area contributed by atoms with Gasteiger partial charge in [-0.2, -0.15) is 0 Å². The number of nitrogens with one attached hydrogen (secondary N) is 2. The van der Waals surface area contributed by atoms with Gasteiger partial charge in [-0.3, -0.25) is 15.1 Å². The number of hydrogen-bond acceptors (Lipinski definition) is 7. The summed E-state index contributed by atoms with van der Waals surface area (Å²) in [6.07, 6.45) is 3.52. The van der Waals surface area contributed by atoms with E-state index in [1.165, 1.54) is 0 Å². The lowest BCUT2D eigenvalue weighted by atomic mass is 9.96. The standard InChI is InChI=1S/C30H31N3O4S/c1-30(2,3)37-29(35)27-26-21(14-24(34)23-17-38-18-32-23)25(36-16-19-8-5-4-6-9-19)12-11-22(26)33-28(27)20-10-7-13-31-15-20/h4-13,15,23,32-33H,14,16-18H2,1-3H3. The number of H-pyrrole nitrogens is 1. The van der Waals surface area contributed by atoms with Crippen LogP contribution >= 0.6 is 11.8 Å². The van der Waals surface area contributed by atoms with Crippen molar-refractivity contribution in [1.82, 2.24) is 15.3 Å². The number of pyridine rings is 1. The van der Waals surface area contributed by atoms with Crippen molar-refractivity contribution < 1.29 is 19.1 Å². The number of benzene rings is 2. The number of aromatic amines is 1. The molecule has 0 spiro atoms. The van der Waals surface area contributed by atoms with Crippen LogP contribution in [0.25, 0.3) is 22.2 Å². The smallest absolute Gasteiger partial charge is 0.341 e. The Labute approximate surface area is 226 Å². The topological polar surface area (TPSA) is 93.3 Å². The van der Waals surface area contributed by atoms with E-state index in [0.29, 0.717) is 34.6 Å². The van der Waals surface area contributed by atoms with Crippen molar-refractivity contribution in [3.05, 3.63) is 83.7 Å². The van der Waals surface area contributed by atoms with Gasteiger partial charge in [0.1, 0.15) is 18.0 Å². The fourth-order valence-corrected chi connectivity index (χ4v) is 5.52. The van der Waals surface area contributed by atoms with Crippen molar-refractivity contribution in [2.75, 3.05) is 11.6 Å². The number of rotatable bonds is 8. The van der Waals surface area contributed by atoms with Gasteiger partial charge in [0, 0.05) is 52.5 Å². The number of fused-ring (bicyclic) bond motifs is 1. The Hall–Kier alpha value is -3.62. The van der Waals surface area contributed by atoms with Gasteiger partial charge in [0.25, 0.3) is 0 Å². The second-order valence-electron chi connectivity index (χ2n) is 10.3. The fourth-order valence-electron chi connectivity index (χ4n) is 4.55. The second-order valence-corrected chi connectivity index (χ2v) is 11.3. The van der Waals surface area contributed by atoms with Crippen LogP contribution < -0.4 is 10.1 Å². The molecule has 0 amide bonds. The van der Waals surface area contributed by atoms with Gasteiger partial charge in [0.15, 0.2) is 5.78 Å². The molecular weight excluding hydrogens is 498 g/mol. The summed E-state index contributed by atoms with van der Waals surface area (Å²) in [4.78, 5) is 34.8. The molecule has 1 aliphatic rings. The number of nitrogens with zero attached hydrogens (tertiary/aromatic N) is 1. The molecule has 0 radical (unpaired) electrons. The Kier molecular flexibility index (Phi) is 7.53. The molecule has 3 heterocycles. The lowest BCUT2D eigenvalue weighted by Gasteiger charge is -2.20. The largest absolute Gasteiger partial charge is 0.489 e. The van der Waals surface area contributed by atoms with Crippen molar-refractivity contribution in [2.45, 2.75) is 45.4 Å². The van der Waals surface area contributed by atoms with Crippen LogP contribution in [0.3, 0.4) is 0 Å². The minimum Gasteiger partial charge on any atom is -0.489 e. The highest BCUT2D eigenvalue weighted by Gasteiger charge is 2.30. The van der Waals surface area contributed by atoms with Crippen LogP contribution in [0.4, 0.5) is 0 Å². The summed E-state index contributed by atoms with van der Waals surface area (Å²) in [5.41, 5.74) is 3.45. The Bertz CT molecular complexity index is 1440. The van der Waals surface area contributed by atoms with Gasteiger partial charge in [0.05, 0.1) is 17.3 Å². The number of esters is 1. The summed E-state index contributed by atoms with van der Waals surface area (Å²) in [5, 5.41) is 3.91.